The Balaban J connectivity index is 1.99. The molecule has 0 saturated heterocycles. The van der Waals surface area contributed by atoms with Crippen LogP contribution in [0.3, 0.4) is 0 Å². The molecule has 4 aromatic rings. The highest BCUT2D eigenvalue weighted by atomic mass is 35.5. The van der Waals surface area contributed by atoms with Gasteiger partial charge in [0, 0.05) is 27.7 Å². The van der Waals surface area contributed by atoms with E-state index >= 15 is 0 Å². The second-order valence-corrected chi connectivity index (χ2v) is 9.26. The first-order valence-electron chi connectivity index (χ1n) is 11.3. The van der Waals surface area contributed by atoms with Crippen LogP contribution in [0.15, 0.2) is 35.1 Å². The lowest BCUT2D eigenvalue weighted by Gasteiger charge is -2.17. The number of aromatic nitrogens is 3. The van der Waals surface area contributed by atoms with Crippen LogP contribution in [0.5, 0.6) is 0 Å². The van der Waals surface area contributed by atoms with Crippen LogP contribution in [0.4, 0.5) is 0 Å². The van der Waals surface area contributed by atoms with E-state index in [4.69, 9.17) is 16.3 Å². The van der Waals surface area contributed by atoms with Gasteiger partial charge in [0.2, 0.25) is 0 Å². The van der Waals surface area contributed by atoms with Gasteiger partial charge in [-0.3, -0.25) is 13.9 Å². The Kier molecular flexibility index (Phi) is 6.14. The number of H-pyrrole nitrogens is 1. The van der Waals surface area contributed by atoms with E-state index in [2.05, 4.69) is 11.9 Å². The zero-order chi connectivity index (χ0) is 24.0. The number of aromatic amines is 1. The second-order valence-electron chi connectivity index (χ2n) is 8.83. The summed E-state index contributed by atoms with van der Waals surface area (Å²) in [5.74, 6) is -0.329. The molecule has 6 nitrogen and oxygen atoms in total. The summed E-state index contributed by atoms with van der Waals surface area (Å²) in [7, 11) is 1.37. The predicted molar refractivity (Wildman–Crippen MR) is 133 cm³/mol. The number of aryl methyl sites for hydroxylation is 3. The fraction of sp³-hybridized carbons (Fsp3) is 0.385. The quantitative estimate of drug-likeness (QED) is 0.354. The van der Waals surface area contributed by atoms with Gasteiger partial charge >= 0.3 is 11.7 Å². The van der Waals surface area contributed by atoms with Gasteiger partial charge in [-0.25, -0.2) is 4.79 Å². The molecule has 7 heteroatoms. The van der Waals surface area contributed by atoms with Crippen LogP contribution in [0.2, 0.25) is 5.02 Å². The Morgan fingerprint density at radius 2 is 1.85 bits per heavy atom. The van der Waals surface area contributed by atoms with Gasteiger partial charge in [0.15, 0.2) is 0 Å². The highest BCUT2D eigenvalue weighted by Crippen LogP contribution is 2.34. The van der Waals surface area contributed by atoms with Crippen molar-refractivity contribution in [2.45, 2.75) is 59.5 Å². The van der Waals surface area contributed by atoms with Crippen LogP contribution in [-0.2, 0) is 9.53 Å². The molecule has 0 radical (unpaired) electrons. The normalized spacial score (nSPS) is 13.5. The summed E-state index contributed by atoms with van der Waals surface area (Å²) in [6, 6.07) is 9.32. The Labute approximate surface area is 198 Å². The smallest absolute Gasteiger partial charge is 0.329 e. The Bertz CT molecular complexity index is 1430. The van der Waals surface area contributed by atoms with Crippen LogP contribution < -0.4 is 5.69 Å². The van der Waals surface area contributed by atoms with E-state index in [1.54, 1.807) is 4.57 Å². The molecule has 2 aromatic heterocycles. The summed E-state index contributed by atoms with van der Waals surface area (Å²) in [6.45, 7) is 10.1. The van der Waals surface area contributed by atoms with E-state index in [1.807, 2.05) is 62.6 Å². The van der Waals surface area contributed by atoms with E-state index in [-0.39, 0.29) is 30.2 Å². The second kappa shape index (κ2) is 8.75. The molecule has 0 aliphatic rings. The lowest BCUT2D eigenvalue weighted by molar-refractivity contribution is -0.141. The number of nitrogens with zero attached hydrogens (tertiary/aromatic N) is 2. The lowest BCUT2D eigenvalue weighted by atomic mass is 10.0. The molecule has 0 fully saturated rings. The Morgan fingerprint density at radius 1 is 1.12 bits per heavy atom. The van der Waals surface area contributed by atoms with Crippen LogP contribution >= 0.6 is 11.6 Å². The van der Waals surface area contributed by atoms with Crippen molar-refractivity contribution < 1.29 is 9.53 Å². The number of ether oxygens (including phenoxy) is 1. The Hall–Kier alpha value is -2.99. The average Bonchev–Trinajstić information content (AvgIpc) is 3.23. The van der Waals surface area contributed by atoms with E-state index < -0.39 is 0 Å². The van der Waals surface area contributed by atoms with Crippen LogP contribution in [0.1, 0.15) is 61.2 Å². The summed E-state index contributed by atoms with van der Waals surface area (Å²) in [4.78, 5) is 29.5. The number of benzene rings is 2. The molecular weight excluding hydrogens is 438 g/mol. The van der Waals surface area contributed by atoms with Crippen molar-refractivity contribution in [3.63, 3.8) is 0 Å². The molecule has 0 aliphatic carbocycles. The first-order chi connectivity index (χ1) is 15.7. The third kappa shape index (κ3) is 3.86. The maximum Gasteiger partial charge on any atom is 0.329 e. The molecule has 0 saturated carbocycles. The average molecular weight is 468 g/mol. The van der Waals surface area contributed by atoms with Gasteiger partial charge in [-0.05, 0) is 69.5 Å². The summed E-state index contributed by atoms with van der Waals surface area (Å²) in [5.41, 5.74) is 6.72. The standard InChI is InChI=1S/C26H30ClN3O3/c1-7-19(13-24(31)33-6)30-23-10-14(2)8-9-22(23)29(26(30)32)17(5)21-12-18(27)11-20-15(3)16(4)28-25(20)21/h8-12,17,19,28H,7,13H2,1-6H3. The number of hydrogen-bond donors (Lipinski definition) is 1. The van der Waals surface area contributed by atoms with E-state index in [1.165, 1.54) is 7.11 Å². The SMILES string of the molecule is CCC(CC(=O)OC)n1c(=O)n(C(C)c2cc(Cl)cc3c(C)c(C)[nH]c23)c2ccc(C)cc21. The summed E-state index contributed by atoms with van der Waals surface area (Å²) < 4.78 is 8.46. The molecule has 4 rings (SSSR count). The van der Waals surface area contributed by atoms with E-state index in [0.717, 1.165) is 44.3 Å². The first-order valence-corrected chi connectivity index (χ1v) is 11.6. The van der Waals surface area contributed by atoms with E-state index in [9.17, 15) is 9.59 Å². The fourth-order valence-electron chi connectivity index (χ4n) is 4.79. The predicted octanol–water partition coefficient (Wildman–Crippen LogP) is 5.99. The molecule has 1 N–H and O–H groups in total. The number of hydrogen-bond acceptors (Lipinski definition) is 3. The van der Waals surface area contributed by atoms with Crippen LogP contribution in [-0.4, -0.2) is 27.2 Å². The van der Waals surface area contributed by atoms with Crippen molar-refractivity contribution >= 4 is 39.5 Å². The van der Waals surface area contributed by atoms with Crippen LogP contribution in [0.25, 0.3) is 21.9 Å². The van der Waals surface area contributed by atoms with Crippen molar-refractivity contribution in [1.29, 1.82) is 0 Å². The van der Waals surface area contributed by atoms with Crippen molar-refractivity contribution in [1.82, 2.24) is 14.1 Å². The minimum absolute atomic E-state index is 0.144. The number of esters is 1. The van der Waals surface area contributed by atoms with Gasteiger partial charge in [0.1, 0.15) is 0 Å². The molecule has 2 aromatic carbocycles. The minimum atomic E-state index is -0.329. The molecule has 0 bridgehead atoms. The zero-order valence-electron chi connectivity index (χ0n) is 20.0. The van der Waals surface area contributed by atoms with Gasteiger partial charge in [0.25, 0.3) is 0 Å². The zero-order valence-corrected chi connectivity index (χ0v) is 20.7. The third-order valence-corrected chi connectivity index (χ3v) is 7.00. The summed E-state index contributed by atoms with van der Waals surface area (Å²) >= 11 is 6.51. The van der Waals surface area contributed by atoms with E-state index in [0.29, 0.717) is 11.4 Å². The highest BCUT2D eigenvalue weighted by Gasteiger charge is 2.26. The maximum absolute atomic E-state index is 13.9. The molecule has 2 heterocycles. The van der Waals surface area contributed by atoms with Gasteiger partial charge in [-0.1, -0.05) is 24.6 Å². The number of carbonyl (C=O) groups excluding carboxylic acids is 1. The highest BCUT2D eigenvalue weighted by molar-refractivity contribution is 6.31. The summed E-state index contributed by atoms with van der Waals surface area (Å²) in [5, 5.41) is 1.70. The number of imidazole rings is 1. The fourth-order valence-corrected chi connectivity index (χ4v) is 5.02. The number of fused-ring (bicyclic) bond motifs is 2. The van der Waals surface area contributed by atoms with Gasteiger partial charge in [-0.15, -0.1) is 0 Å². The number of nitrogens with one attached hydrogen (secondary N) is 1. The molecule has 0 aliphatic heterocycles. The lowest BCUT2D eigenvalue weighted by Crippen LogP contribution is -2.30. The molecule has 0 spiro atoms. The molecule has 0 amide bonds. The van der Waals surface area contributed by atoms with Gasteiger partial charge < -0.3 is 9.72 Å². The summed E-state index contributed by atoms with van der Waals surface area (Å²) in [6.07, 6.45) is 0.775. The molecule has 2 atom stereocenters. The Morgan fingerprint density at radius 3 is 2.52 bits per heavy atom. The van der Waals surface area contributed by atoms with Crippen molar-refractivity contribution in [3.8, 4) is 0 Å². The van der Waals surface area contributed by atoms with Crippen LogP contribution in [0, 0.1) is 20.8 Å². The monoisotopic (exact) mass is 467 g/mol. The molecule has 2 unspecified atom stereocenters. The molecule has 33 heavy (non-hydrogen) atoms. The van der Waals surface area contributed by atoms with Gasteiger partial charge in [-0.2, -0.15) is 0 Å². The van der Waals surface area contributed by atoms with Crippen molar-refractivity contribution in [2.75, 3.05) is 7.11 Å². The minimum Gasteiger partial charge on any atom is -0.469 e. The maximum atomic E-state index is 13.9. The largest absolute Gasteiger partial charge is 0.469 e. The topological polar surface area (TPSA) is 69.0 Å². The van der Waals surface area contributed by atoms with Crippen molar-refractivity contribution in [2.24, 2.45) is 0 Å². The number of methoxy groups -OCH3 is 1. The third-order valence-electron chi connectivity index (χ3n) is 6.78. The number of carbonyl (C=O) groups is 1. The first kappa shape index (κ1) is 23.2. The van der Waals surface area contributed by atoms with Crippen molar-refractivity contribution in [3.05, 3.63) is 68.2 Å². The number of rotatable bonds is 6. The molecular formula is C26H30ClN3O3. The van der Waals surface area contributed by atoms with Gasteiger partial charge in [0.05, 0.1) is 36.1 Å². The molecule has 174 valence electrons. The number of halogens is 1.